The molecule has 1 amide bonds. The zero-order valence-corrected chi connectivity index (χ0v) is 10.5. The van der Waals surface area contributed by atoms with Crippen LogP contribution in [0.2, 0.25) is 0 Å². The third-order valence-corrected chi connectivity index (χ3v) is 3.10. The molecule has 0 saturated carbocycles. The van der Waals surface area contributed by atoms with Crippen molar-refractivity contribution in [2.75, 3.05) is 31.9 Å². The van der Waals surface area contributed by atoms with E-state index < -0.39 is 5.91 Å². The van der Waals surface area contributed by atoms with Crippen LogP contribution in [0.3, 0.4) is 0 Å². The van der Waals surface area contributed by atoms with Gasteiger partial charge in [0.2, 0.25) is 0 Å². The van der Waals surface area contributed by atoms with Crippen LogP contribution < -0.4 is 11.1 Å². The van der Waals surface area contributed by atoms with E-state index in [1.54, 1.807) is 12.1 Å². The Hall–Kier alpha value is -2.08. The lowest BCUT2D eigenvalue weighted by Gasteiger charge is -2.27. The number of nitrogens with zero attached hydrogens (tertiary/aromatic N) is 4. The van der Waals surface area contributed by atoms with Gasteiger partial charge in [-0.1, -0.05) is 6.07 Å². The second kappa shape index (κ2) is 6.19. The third kappa shape index (κ3) is 3.45. The molecule has 0 atom stereocenters. The van der Waals surface area contributed by atoms with Gasteiger partial charge in [0.15, 0.2) is 0 Å². The summed E-state index contributed by atoms with van der Waals surface area (Å²) in [6, 6.07) is 5.27. The van der Waals surface area contributed by atoms with Crippen LogP contribution in [0.1, 0.15) is 15.9 Å². The molecule has 1 aliphatic rings. The highest BCUT2D eigenvalue weighted by atomic mass is 16.1. The number of carbonyl (C=O) groups is 1. The summed E-state index contributed by atoms with van der Waals surface area (Å²) < 4.78 is 0. The van der Waals surface area contributed by atoms with Crippen molar-refractivity contribution in [3.63, 3.8) is 0 Å². The Bertz CT molecular complexity index is 517. The van der Waals surface area contributed by atoms with Crippen molar-refractivity contribution >= 4 is 11.6 Å². The second-order valence-electron chi connectivity index (χ2n) is 4.44. The largest absolute Gasteiger partial charge is 0.398 e. The van der Waals surface area contributed by atoms with E-state index in [-0.39, 0.29) is 5.56 Å². The minimum Gasteiger partial charge on any atom is -0.398 e. The van der Waals surface area contributed by atoms with Gasteiger partial charge in [0.1, 0.15) is 0 Å². The molecule has 0 radical (unpaired) electrons. The summed E-state index contributed by atoms with van der Waals surface area (Å²) in [7, 11) is 0. The number of carbonyl (C=O) groups excluding carboxylic acids is 1. The molecule has 1 saturated heterocycles. The number of azide groups is 1. The van der Waals surface area contributed by atoms with Crippen molar-refractivity contribution in [1.82, 2.24) is 10.2 Å². The molecule has 3 N–H and O–H groups in total. The Morgan fingerprint density at radius 2 is 2.21 bits per heavy atom. The van der Waals surface area contributed by atoms with E-state index in [1.807, 2.05) is 6.07 Å². The van der Waals surface area contributed by atoms with E-state index in [1.165, 1.54) is 0 Å². The van der Waals surface area contributed by atoms with E-state index in [9.17, 15) is 4.79 Å². The fourth-order valence-electron chi connectivity index (χ4n) is 2.11. The Kier molecular flexibility index (Phi) is 4.35. The zero-order chi connectivity index (χ0) is 13.7. The Morgan fingerprint density at radius 1 is 1.47 bits per heavy atom. The average Bonchev–Trinajstić information content (AvgIpc) is 2.42. The van der Waals surface area contributed by atoms with Crippen LogP contribution in [0.4, 0.5) is 5.69 Å². The summed E-state index contributed by atoms with van der Waals surface area (Å²) in [6.07, 6.45) is 0. The minimum absolute atomic E-state index is 0.269. The molecular weight excluding hydrogens is 244 g/mol. The van der Waals surface area contributed by atoms with Crippen LogP contribution in [-0.4, -0.2) is 37.0 Å². The van der Waals surface area contributed by atoms with Crippen LogP contribution in [0, 0.1) is 0 Å². The molecule has 7 nitrogen and oxygen atoms in total. The summed E-state index contributed by atoms with van der Waals surface area (Å²) in [5.74, 6) is -0.637. The topological polar surface area (TPSA) is 107 Å². The maximum Gasteiger partial charge on any atom is 0.251 e. The SMILES string of the molecule is [N-]=[N+]=NC(=O)c1cc(CN2CCNCC2)ccc1N. The van der Waals surface area contributed by atoms with Gasteiger partial charge in [-0.3, -0.25) is 9.69 Å². The van der Waals surface area contributed by atoms with E-state index in [0.29, 0.717) is 5.69 Å². The van der Waals surface area contributed by atoms with Crippen molar-refractivity contribution in [2.45, 2.75) is 6.54 Å². The first-order chi connectivity index (χ1) is 9.20. The predicted molar refractivity (Wildman–Crippen MR) is 72.5 cm³/mol. The van der Waals surface area contributed by atoms with Gasteiger partial charge in [-0.2, -0.15) is 0 Å². The van der Waals surface area contributed by atoms with Crippen molar-refractivity contribution in [3.8, 4) is 0 Å². The fourth-order valence-corrected chi connectivity index (χ4v) is 2.11. The van der Waals surface area contributed by atoms with Crippen LogP contribution >= 0.6 is 0 Å². The highest BCUT2D eigenvalue weighted by Crippen LogP contribution is 2.17. The van der Waals surface area contributed by atoms with E-state index >= 15 is 0 Å². The maximum absolute atomic E-state index is 11.6. The molecule has 19 heavy (non-hydrogen) atoms. The van der Waals surface area contributed by atoms with Crippen molar-refractivity contribution in [2.24, 2.45) is 5.11 Å². The molecule has 0 spiro atoms. The standard InChI is InChI=1S/C12H16N6O/c13-11-2-1-9(7-10(11)12(19)16-17-14)8-18-5-3-15-4-6-18/h1-2,7,15H,3-6,8,13H2. The number of nitrogens with two attached hydrogens (primary N) is 1. The first-order valence-electron chi connectivity index (χ1n) is 6.11. The van der Waals surface area contributed by atoms with Gasteiger partial charge in [-0.05, 0) is 28.3 Å². The highest BCUT2D eigenvalue weighted by molar-refractivity contribution is 5.99. The number of piperazine rings is 1. The number of hydrogen-bond acceptors (Lipinski definition) is 4. The number of hydrogen-bond donors (Lipinski definition) is 2. The Morgan fingerprint density at radius 3 is 2.89 bits per heavy atom. The lowest BCUT2D eigenvalue weighted by atomic mass is 10.1. The van der Waals surface area contributed by atoms with Gasteiger partial charge in [-0.15, -0.1) is 0 Å². The molecule has 1 heterocycles. The lowest BCUT2D eigenvalue weighted by molar-refractivity contribution is 0.100. The number of nitrogen functional groups attached to an aromatic ring is 1. The normalized spacial score (nSPS) is 15.8. The van der Waals surface area contributed by atoms with Gasteiger partial charge in [0, 0.05) is 48.9 Å². The third-order valence-electron chi connectivity index (χ3n) is 3.10. The summed E-state index contributed by atoms with van der Waals surface area (Å²) in [5, 5.41) is 6.37. The van der Waals surface area contributed by atoms with E-state index in [4.69, 9.17) is 11.3 Å². The summed E-state index contributed by atoms with van der Waals surface area (Å²) in [5.41, 5.74) is 15.6. The number of benzene rings is 1. The highest BCUT2D eigenvalue weighted by Gasteiger charge is 2.13. The lowest BCUT2D eigenvalue weighted by Crippen LogP contribution is -2.42. The van der Waals surface area contributed by atoms with Crippen molar-refractivity contribution < 1.29 is 4.79 Å². The first-order valence-corrected chi connectivity index (χ1v) is 6.11. The van der Waals surface area contributed by atoms with Gasteiger partial charge >= 0.3 is 0 Å². The Labute approximate surface area is 111 Å². The van der Waals surface area contributed by atoms with E-state index in [0.717, 1.165) is 38.3 Å². The molecule has 2 rings (SSSR count). The molecule has 0 bridgehead atoms. The summed E-state index contributed by atoms with van der Waals surface area (Å²) >= 11 is 0. The van der Waals surface area contributed by atoms with Gasteiger partial charge in [0.05, 0.1) is 0 Å². The molecular formula is C12H16N6O. The zero-order valence-electron chi connectivity index (χ0n) is 10.5. The first kappa shape index (κ1) is 13.4. The monoisotopic (exact) mass is 260 g/mol. The molecule has 0 aliphatic carbocycles. The Balaban J connectivity index is 2.15. The van der Waals surface area contributed by atoms with Gasteiger partial charge in [-0.25, -0.2) is 0 Å². The smallest absolute Gasteiger partial charge is 0.251 e. The molecule has 1 aromatic rings. The molecule has 100 valence electrons. The van der Waals surface area contributed by atoms with Crippen LogP contribution in [0.5, 0.6) is 0 Å². The summed E-state index contributed by atoms with van der Waals surface area (Å²) in [4.78, 5) is 16.4. The number of anilines is 1. The van der Waals surface area contributed by atoms with Crippen LogP contribution in [0.25, 0.3) is 10.4 Å². The van der Waals surface area contributed by atoms with Crippen LogP contribution in [-0.2, 0) is 6.54 Å². The summed E-state index contributed by atoms with van der Waals surface area (Å²) in [6.45, 7) is 4.66. The fraction of sp³-hybridized carbons (Fsp3) is 0.417. The second-order valence-corrected chi connectivity index (χ2v) is 4.44. The number of rotatable bonds is 3. The number of nitrogens with one attached hydrogen (secondary N) is 1. The molecule has 1 fully saturated rings. The van der Waals surface area contributed by atoms with Gasteiger partial charge < -0.3 is 11.1 Å². The van der Waals surface area contributed by atoms with Crippen LogP contribution in [0.15, 0.2) is 23.3 Å². The predicted octanol–water partition coefficient (Wildman–Crippen LogP) is 1.12. The molecule has 0 unspecified atom stereocenters. The molecule has 0 aromatic heterocycles. The minimum atomic E-state index is -0.637. The molecule has 1 aromatic carbocycles. The average molecular weight is 260 g/mol. The quantitative estimate of drug-likeness (QED) is 0.367. The maximum atomic E-state index is 11.6. The van der Waals surface area contributed by atoms with E-state index in [2.05, 4.69) is 20.2 Å². The van der Waals surface area contributed by atoms with Crippen molar-refractivity contribution in [1.29, 1.82) is 0 Å². The number of amides is 1. The molecule has 1 aliphatic heterocycles. The van der Waals surface area contributed by atoms with Crippen molar-refractivity contribution in [3.05, 3.63) is 39.8 Å². The van der Waals surface area contributed by atoms with Gasteiger partial charge in [0.25, 0.3) is 5.91 Å². The molecule has 7 heteroatoms.